The van der Waals surface area contributed by atoms with Gasteiger partial charge in [0, 0.05) is 12.6 Å². The van der Waals surface area contributed by atoms with Gasteiger partial charge in [0.05, 0.1) is 6.20 Å². The summed E-state index contributed by atoms with van der Waals surface area (Å²) in [5.41, 5.74) is 1.15. The summed E-state index contributed by atoms with van der Waals surface area (Å²) in [6.45, 7) is 0.878. The molecule has 7 heteroatoms. The number of nitrogens with zero attached hydrogens (tertiary/aromatic N) is 4. The number of carbonyl (C=O) groups is 1. The lowest BCUT2D eigenvalue weighted by Crippen LogP contribution is -1.99. The topological polar surface area (TPSA) is 96.7 Å². The number of aromatic carboxylic acids is 1. The van der Waals surface area contributed by atoms with Gasteiger partial charge in [-0.2, -0.15) is 5.10 Å². The van der Waals surface area contributed by atoms with Gasteiger partial charge >= 0.3 is 5.97 Å². The van der Waals surface area contributed by atoms with E-state index < -0.39 is 5.97 Å². The van der Waals surface area contributed by atoms with E-state index in [1.165, 1.54) is 18.9 Å². The van der Waals surface area contributed by atoms with Crippen LogP contribution in [0.1, 0.15) is 23.3 Å². The fourth-order valence-corrected chi connectivity index (χ4v) is 1.63. The van der Waals surface area contributed by atoms with Crippen LogP contribution >= 0.6 is 0 Å². The van der Waals surface area contributed by atoms with Gasteiger partial charge in [0.1, 0.15) is 17.1 Å². The van der Waals surface area contributed by atoms with Gasteiger partial charge < -0.3 is 5.11 Å². The lowest BCUT2D eigenvalue weighted by Gasteiger charge is -1.93. The summed E-state index contributed by atoms with van der Waals surface area (Å²) in [5.74, 6) is -0.313. The van der Waals surface area contributed by atoms with E-state index in [9.17, 15) is 4.79 Å². The highest BCUT2D eigenvalue weighted by Crippen LogP contribution is 2.30. The average Bonchev–Trinajstić information content (AvgIpc) is 2.82. The molecule has 2 aromatic heterocycles. The Hall–Kier alpha value is -2.18. The van der Waals surface area contributed by atoms with Gasteiger partial charge in [0.15, 0.2) is 0 Å². The van der Waals surface area contributed by atoms with Gasteiger partial charge in [-0.25, -0.2) is 4.79 Å². The first-order chi connectivity index (χ1) is 8.22. The molecular formula is C10H11N5O2. The molecule has 1 fully saturated rings. The van der Waals surface area contributed by atoms with Crippen LogP contribution in [0.4, 0.5) is 0 Å². The molecule has 2 aromatic rings. The molecule has 17 heavy (non-hydrogen) atoms. The van der Waals surface area contributed by atoms with E-state index in [0.717, 1.165) is 12.5 Å². The first-order valence-corrected chi connectivity index (χ1v) is 5.41. The Balaban J connectivity index is 1.81. The van der Waals surface area contributed by atoms with Crippen molar-refractivity contribution < 1.29 is 9.90 Å². The minimum Gasteiger partial charge on any atom is -0.477 e. The molecule has 0 aromatic carbocycles. The smallest absolute Gasteiger partial charge is 0.353 e. The molecule has 0 radical (unpaired) electrons. The lowest BCUT2D eigenvalue weighted by atomic mass is 10.3. The van der Waals surface area contributed by atoms with Crippen molar-refractivity contribution in [3.8, 4) is 11.4 Å². The third kappa shape index (κ3) is 2.03. The predicted octanol–water partition coefficient (Wildman–Crippen LogP) is 0.776. The molecule has 1 saturated carbocycles. The Bertz CT molecular complexity index is 555. The van der Waals surface area contributed by atoms with E-state index in [1.807, 2.05) is 0 Å². The largest absolute Gasteiger partial charge is 0.477 e. The molecule has 0 unspecified atom stereocenters. The summed E-state index contributed by atoms with van der Waals surface area (Å²) in [4.78, 5) is 10.7. The highest BCUT2D eigenvalue weighted by molar-refractivity contribution is 5.86. The molecule has 0 bridgehead atoms. The molecule has 7 nitrogen and oxygen atoms in total. The second-order valence-corrected chi connectivity index (χ2v) is 4.24. The van der Waals surface area contributed by atoms with Gasteiger partial charge in [-0.05, 0) is 18.8 Å². The molecule has 0 aliphatic heterocycles. The number of rotatable bonds is 4. The number of aromatic amines is 1. The summed E-state index contributed by atoms with van der Waals surface area (Å²) in [7, 11) is 0. The van der Waals surface area contributed by atoms with Crippen LogP contribution in [0.15, 0.2) is 12.3 Å². The van der Waals surface area contributed by atoms with Gasteiger partial charge in [0.2, 0.25) is 0 Å². The number of carboxylic acid groups (broad SMARTS) is 1. The molecule has 1 aliphatic rings. The number of carboxylic acids is 1. The van der Waals surface area contributed by atoms with Crippen LogP contribution in [0.5, 0.6) is 0 Å². The van der Waals surface area contributed by atoms with Crippen molar-refractivity contribution in [2.24, 2.45) is 5.92 Å². The molecule has 0 amide bonds. The normalized spacial score (nSPS) is 15.1. The summed E-state index contributed by atoms with van der Waals surface area (Å²) < 4.78 is 1.78. The molecule has 2 N–H and O–H groups in total. The monoisotopic (exact) mass is 233 g/mol. The van der Waals surface area contributed by atoms with Crippen molar-refractivity contribution in [1.29, 1.82) is 0 Å². The van der Waals surface area contributed by atoms with Gasteiger partial charge in [-0.3, -0.25) is 9.78 Å². The number of hydrogen-bond donors (Lipinski definition) is 2. The molecular weight excluding hydrogens is 222 g/mol. The van der Waals surface area contributed by atoms with Crippen molar-refractivity contribution in [2.75, 3.05) is 0 Å². The summed E-state index contributed by atoms with van der Waals surface area (Å²) >= 11 is 0. The third-order valence-electron chi connectivity index (χ3n) is 2.75. The van der Waals surface area contributed by atoms with Crippen LogP contribution in [0, 0.1) is 5.92 Å². The Morgan fingerprint density at radius 3 is 3.00 bits per heavy atom. The number of H-pyrrole nitrogens is 1. The van der Waals surface area contributed by atoms with E-state index in [0.29, 0.717) is 11.4 Å². The maximum atomic E-state index is 10.7. The highest BCUT2D eigenvalue weighted by atomic mass is 16.4. The van der Waals surface area contributed by atoms with Gasteiger partial charge in [0.25, 0.3) is 0 Å². The molecule has 0 spiro atoms. The minimum atomic E-state index is -1.03. The van der Waals surface area contributed by atoms with Crippen LogP contribution in [0.25, 0.3) is 11.4 Å². The van der Waals surface area contributed by atoms with Crippen molar-refractivity contribution in [3.05, 3.63) is 18.0 Å². The standard InChI is InChI=1S/C10H11N5O2/c16-10(17)8-3-7(11-12-8)9-5-15(14-13-9)4-6-1-2-6/h3,5-6H,1-2,4H2,(H,11,12)(H,16,17). The second-order valence-electron chi connectivity index (χ2n) is 4.24. The minimum absolute atomic E-state index is 0.0525. The lowest BCUT2D eigenvalue weighted by molar-refractivity contribution is 0.0690. The van der Waals surface area contributed by atoms with E-state index in [-0.39, 0.29) is 5.69 Å². The van der Waals surface area contributed by atoms with Gasteiger partial charge in [-0.1, -0.05) is 5.21 Å². The maximum absolute atomic E-state index is 10.7. The van der Waals surface area contributed by atoms with Crippen LogP contribution < -0.4 is 0 Å². The van der Waals surface area contributed by atoms with Crippen LogP contribution in [0.3, 0.4) is 0 Å². The molecule has 0 saturated heterocycles. The van der Waals surface area contributed by atoms with Crippen molar-refractivity contribution >= 4 is 5.97 Å². The average molecular weight is 233 g/mol. The molecule has 3 rings (SSSR count). The van der Waals surface area contributed by atoms with Crippen LogP contribution in [-0.4, -0.2) is 36.3 Å². The Kier molecular flexibility index (Phi) is 2.17. The summed E-state index contributed by atoms with van der Waals surface area (Å²) in [6.07, 6.45) is 4.29. The van der Waals surface area contributed by atoms with E-state index in [4.69, 9.17) is 5.11 Å². The fraction of sp³-hybridized carbons (Fsp3) is 0.400. The van der Waals surface area contributed by atoms with E-state index in [1.54, 1.807) is 10.9 Å². The zero-order valence-corrected chi connectivity index (χ0v) is 9.00. The number of hydrogen-bond acceptors (Lipinski definition) is 4. The maximum Gasteiger partial charge on any atom is 0.353 e. The zero-order valence-electron chi connectivity index (χ0n) is 9.00. The first kappa shape index (κ1) is 10.0. The summed E-state index contributed by atoms with van der Waals surface area (Å²) in [5, 5.41) is 23.1. The Labute approximate surface area is 96.5 Å². The Morgan fingerprint density at radius 2 is 2.35 bits per heavy atom. The Morgan fingerprint density at radius 1 is 1.53 bits per heavy atom. The van der Waals surface area contributed by atoms with E-state index in [2.05, 4.69) is 20.5 Å². The fourth-order valence-electron chi connectivity index (χ4n) is 1.63. The van der Waals surface area contributed by atoms with Crippen molar-refractivity contribution in [3.63, 3.8) is 0 Å². The predicted molar refractivity (Wildman–Crippen MR) is 57.3 cm³/mol. The molecule has 1 aliphatic carbocycles. The quantitative estimate of drug-likeness (QED) is 0.813. The molecule has 2 heterocycles. The summed E-state index contributed by atoms with van der Waals surface area (Å²) in [6, 6.07) is 1.45. The van der Waals surface area contributed by atoms with Crippen LogP contribution in [-0.2, 0) is 6.54 Å². The third-order valence-corrected chi connectivity index (χ3v) is 2.75. The van der Waals surface area contributed by atoms with Crippen LogP contribution in [0.2, 0.25) is 0 Å². The van der Waals surface area contributed by atoms with Crippen molar-refractivity contribution in [1.82, 2.24) is 25.2 Å². The van der Waals surface area contributed by atoms with Gasteiger partial charge in [-0.15, -0.1) is 5.10 Å². The second kappa shape index (κ2) is 3.69. The number of nitrogens with one attached hydrogen (secondary N) is 1. The highest BCUT2D eigenvalue weighted by Gasteiger charge is 2.22. The first-order valence-electron chi connectivity index (χ1n) is 5.41. The van der Waals surface area contributed by atoms with E-state index >= 15 is 0 Å². The molecule has 0 atom stereocenters. The van der Waals surface area contributed by atoms with Crippen molar-refractivity contribution in [2.45, 2.75) is 19.4 Å². The zero-order chi connectivity index (χ0) is 11.8. The SMILES string of the molecule is O=C(O)c1cc(-c2cn(CC3CC3)nn2)n[nH]1. The molecule has 88 valence electrons. The number of aromatic nitrogens is 5.